The molecule has 1 N–H and O–H groups in total. The fraction of sp³-hybridized carbons (Fsp3) is 0.154. The number of hydrogen-bond acceptors (Lipinski definition) is 1. The molecule has 2 nitrogen and oxygen atoms in total. The zero-order valence-corrected chi connectivity index (χ0v) is 32.7. The van der Waals surface area contributed by atoms with Crippen molar-refractivity contribution in [3.63, 3.8) is 0 Å². The molecule has 0 spiro atoms. The highest BCUT2D eigenvalue weighted by molar-refractivity contribution is 6.12. The number of rotatable bonds is 7. The highest BCUT2D eigenvalue weighted by atomic mass is 15.0. The summed E-state index contributed by atoms with van der Waals surface area (Å²) in [5, 5.41) is 10.1. The van der Waals surface area contributed by atoms with Crippen LogP contribution in [0.3, 0.4) is 0 Å². The molecule has 7 aromatic rings. The molecular formula is C52H52N2. The molecule has 0 saturated heterocycles. The van der Waals surface area contributed by atoms with E-state index in [4.69, 9.17) is 0 Å². The largest absolute Gasteiger partial charge is 0.386 e. The molecule has 0 atom stereocenters. The van der Waals surface area contributed by atoms with Crippen molar-refractivity contribution >= 4 is 61.8 Å². The Hall–Kier alpha value is -6.12. The van der Waals surface area contributed by atoms with Gasteiger partial charge in [-0.25, -0.2) is 0 Å². The molecule has 0 saturated carbocycles. The minimum absolute atomic E-state index is 0.836. The first-order valence-electron chi connectivity index (χ1n) is 19.3. The van der Waals surface area contributed by atoms with Crippen LogP contribution in [0.15, 0.2) is 152 Å². The number of hydrogen-bond donors (Lipinski definition) is 1. The van der Waals surface area contributed by atoms with Crippen LogP contribution in [-0.4, -0.2) is 11.1 Å². The maximum absolute atomic E-state index is 4.16. The number of fused-ring (bicyclic) bond motifs is 4. The molecule has 2 heterocycles. The second-order valence-corrected chi connectivity index (χ2v) is 13.3. The van der Waals surface area contributed by atoms with E-state index in [1.807, 2.05) is 19.9 Å². The molecule has 1 aromatic heterocycles. The zero-order valence-electron chi connectivity index (χ0n) is 32.7. The number of benzene rings is 6. The van der Waals surface area contributed by atoms with E-state index in [0.29, 0.717) is 0 Å². The van der Waals surface area contributed by atoms with Crippen LogP contribution in [0.4, 0.5) is 0 Å². The Bertz CT molecular complexity index is 2540. The first-order chi connectivity index (χ1) is 26.6. The number of nitrogens with zero attached hydrogens (tertiary/aromatic N) is 1. The van der Waals surface area contributed by atoms with Gasteiger partial charge in [-0.3, -0.25) is 0 Å². The normalized spacial score (nSPS) is 12.6. The first kappa shape index (κ1) is 37.6. The second kappa shape index (κ2) is 17.6. The van der Waals surface area contributed by atoms with Crippen LogP contribution in [0, 0.1) is 6.92 Å². The Morgan fingerprint density at radius 3 is 2.00 bits per heavy atom. The molecule has 0 fully saturated rings. The SMILES string of the molecule is C/C=C\c1c(CC)c2ccccc2c2ccccc12.C=Cc1c(/C=C\C)n(-c2cccc(C)c2)c2ccc(C3=CNCC(c4ccccc4)=C3)cc12.CC. The zero-order chi connectivity index (χ0) is 38.0. The molecule has 6 aromatic carbocycles. The Morgan fingerprint density at radius 2 is 1.33 bits per heavy atom. The fourth-order valence-corrected chi connectivity index (χ4v) is 7.63. The molecule has 54 heavy (non-hydrogen) atoms. The summed E-state index contributed by atoms with van der Waals surface area (Å²) in [5.74, 6) is 0. The summed E-state index contributed by atoms with van der Waals surface area (Å²) >= 11 is 0. The quantitative estimate of drug-likeness (QED) is 0.163. The van der Waals surface area contributed by atoms with Crippen LogP contribution in [-0.2, 0) is 6.42 Å². The topological polar surface area (TPSA) is 17.0 Å². The van der Waals surface area contributed by atoms with Crippen LogP contribution < -0.4 is 5.32 Å². The second-order valence-electron chi connectivity index (χ2n) is 13.3. The lowest BCUT2D eigenvalue weighted by Gasteiger charge is -2.16. The number of nitrogens with one attached hydrogen (secondary N) is 1. The van der Waals surface area contributed by atoms with Crippen molar-refractivity contribution in [3.8, 4) is 5.69 Å². The number of dihydropyridines is 1. The van der Waals surface area contributed by atoms with E-state index in [0.717, 1.165) is 24.2 Å². The van der Waals surface area contributed by atoms with Gasteiger partial charge in [0.1, 0.15) is 0 Å². The highest BCUT2D eigenvalue weighted by Gasteiger charge is 2.17. The molecule has 0 bridgehead atoms. The first-order valence-corrected chi connectivity index (χ1v) is 19.3. The van der Waals surface area contributed by atoms with Crippen LogP contribution in [0.5, 0.6) is 0 Å². The Kier molecular flexibility index (Phi) is 12.3. The summed E-state index contributed by atoms with van der Waals surface area (Å²) < 4.78 is 2.34. The van der Waals surface area contributed by atoms with Gasteiger partial charge in [0.25, 0.3) is 0 Å². The maximum atomic E-state index is 4.16. The van der Waals surface area contributed by atoms with Gasteiger partial charge in [0.2, 0.25) is 0 Å². The average molecular weight is 705 g/mol. The maximum Gasteiger partial charge on any atom is 0.0541 e. The van der Waals surface area contributed by atoms with E-state index in [1.54, 1.807) is 0 Å². The van der Waals surface area contributed by atoms with Crippen molar-refractivity contribution in [3.05, 3.63) is 191 Å². The minimum Gasteiger partial charge on any atom is -0.386 e. The average Bonchev–Trinajstić information content (AvgIpc) is 3.54. The van der Waals surface area contributed by atoms with Crippen molar-refractivity contribution in [2.75, 3.05) is 6.54 Å². The molecule has 0 aliphatic carbocycles. The van der Waals surface area contributed by atoms with E-state index in [-0.39, 0.29) is 0 Å². The third-order valence-electron chi connectivity index (χ3n) is 9.96. The van der Waals surface area contributed by atoms with Gasteiger partial charge in [-0.2, -0.15) is 0 Å². The molecule has 2 heteroatoms. The van der Waals surface area contributed by atoms with Gasteiger partial charge in [-0.15, -0.1) is 0 Å². The van der Waals surface area contributed by atoms with Crippen LogP contribution in [0.25, 0.3) is 67.5 Å². The fourth-order valence-electron chi connectivity index (χ4n) is 7.63. The Labute approximate surface area is 322 Å². The van der Waals surface area contributed by atoms with E-state index in [9.17, 15) is 0 Å². The van der Waals surface area contributed by atoms with Crippen molar-refractivity contribution in [2.24, 2.45) is 0 Å². The molecule has 270 valence electrons. The predicted octanol–water partition coefficient (Wildman–Crippen LogP) is 14.3. The Morgan fingerprint density at radius 1 is 0.667 bits per heavy atom. The lowest BCUT2D eigenvalue weighted by atomic mass is 9.90. The summed E-state index contributed by atoms with van der Waals surface area (Å²) in [7, 11) is 0. The van der Waals surface area contributed by atoms with E-state index in [1.165, 1.54) is 77.1 Å². The van der Waals surface area contributed by atoms with Crippen molar-refractivity contribution < 1.29 is 0 Å². The third-order valence-corrected chi connectivity index (χ3v) is 9.96. The summed E-state index contributed by atoms with van der Waals surface area (Å²) in [4.78, 5) is 0. The summed E-state index contributed by atoms with van der Waals surface area (Å²) in [6.07, 6.45) is 16.1. The summed E-state index contributed by atoms with van der Waals surface area (Å²) in [6, 6.07) is 43.4. The smallest absolute Gasteiger partial charge is 0.0541 e. The molecular weight excluding hydrogens is 653 g/mol. The van der Waals surface area contributed by atoms with Gasteiger partial charge in [0.15, 0.2) is 0 Å². The highest BCUT2D eigenvalue weighted by Crippen LogP contribution is 2.36. The van der Waals surface area contributed by atoms with Gasteiger partial charge < -0.3 is 9.88 Å². The molecule has 1 aliphatic heterocycles. The van der Waals surface area contributed by atoms with Crippen LogP contribution in [0.1, 0.15) is 73.7 Å². The van der Waals surface area contributed by atoms with Gasteiger partial charge >= 0.3 is 0 Å². The van der Waals surface area contributed by atoms with Crippen molar-refractivity contribution in [1.29, 1.82) is 0 Å². The van der Waals surface area contributed by atoms with Crippen LogP contribution in [0.2, 0.25) is 0 Å². The van der Waals surface area contributed by atoms with Crippen molar-refractivity contribution in [2.45, 2.75) is 48.0 Å². The van der Waals surface area contributed by atoms with Gasteiger partial charge in [0.05, 0.1) is 11.2 Å². The molecule has 1 aliphatic rings. The summed E-state index contributed by atoms with van der Waals surface area (Å²) in [6.45, 7) is 17.5. The van der Waals surface area contributed by atoms with Gasteiger partial charge in [0, 0.05) is 29.4 Å². The minimum atomic E-state index is 0.836. The van der Waals surface area contributed by atoms with E-state index < -0.39 is 0 Å². The molecule has 0 radical (unpaired) electrons. The molecule has 0 unspecified atom stereocenters. The summed E-state index contributed by atoms with van der Waals surface area (Å²) in [5.41, 5.74) is 13.7. The lowest BCUT2D eigenvalue weighted by molar-refractivity contribution is 0.990. The number of aromatic nitrogens is 1. The predicted molar refractivity (Wildman–Crippen MR) is 240 cm³/mol. The number of allylic oxidation sites excluding steroid dienone is 4. The van der Waals surface area contributed by atoms with Crippen LogP contribution >= 0.6 is 0 Å². The van der Waals surface area contributed by atoms with E-state index >= 15 is 0 Å². The lowest BCUT2D eigenvalue weighted by Crippen LogP contribution is -2.14. The van der Waals surface area contributed by atoms with Gasteiger partial charge in [-0.1, -0.05) is 149 Å². The Balaban J connectivity index is 0.000000201. The van der Waals surface area contributed by atoms with Crippen molar-refractivity contribution in [1.82, 2.24) is 9.88 Å². The molecule has 0 amide bonds. The monoisotopic (exact) mass is 704 g/mol. The van der Waals surface area contributed by atoms with Gasteiger partial charge in [-0.05, 0) is 124 Å². The molecule has 8 rings (SSSR count). The standard InChI is InChI=1S/C31H28N2.C19H18.C2H6/c1-4-10-30-28(5-2)29-19-24(15-16-31(29)33(30)27-14-9-11-22(3)17-27)26-18-25(20-32-21-26)23-12-7-6-8-13-23;1-3-9-15-14(4-2)16-10-5-6-12-18(16)19-13-8-7-11-17(15)19;1-2/h4-19,21,32H,2,20H2,1,3H3;3,5-13H,4H2,1-2H3;1-2H3/b10-4-;9-3-;. The van der Waals surface area contributed by atoms with E-state index in [2.05, 4.69) is 202 Å². The third kappa shape index (κ3) is 7.52. The number of aryl methyl sites for hydroxylation is 2.